The van der Waals surface area contributed by atoms with Crippen molar-refractivity contribution in [2.24, 2.45) is 5.84 Å². The largest absolute Gasteiger partial charge is 0.398 e. The fourth-order valence-corrected chi connectivity index (χ4v) is 3.33. The molecule has 1 aromatic rings. The molecule has 1 aliphatic rings. The van der Waals surface area contributed by atoms with Gasteiger partial charge in [-0.2, -0.15) is 11.8 Å². The van der Waals surface area contributed by atoms with Crippen LogP contribution < -0.4 is 17.0 Å². The van der Waals surface area contributed by atoms with Gasteiger partial charge in [0.25, 0.3) is 0 Å². The molecule has 0 saturated carbocycles. The molecule has 2 rings (SSSR count). The lowest BCUT2D eigenvalue weighted by Crippen LogP contribution is -2.34. The molecule has 1 aromatic heterocycles. The highest BCUT2D eigenvalue weighted by atomic mass is 32.2. The van der Waals surface area contributed by atoms with Crippen LogP contribution in [-0.2, 0) is 0 Å². The molecule has 2 heterocycles. The van der Waals surface area contributed by atoms with Crippen molar-refractivity contribution in [2.75, 3.05) is 11.5 Å². The van der Waals surface area contributed by atoms with E-state index in [0.717, 1.165) is 11.3 Å². The lowest BCUT2D eigenvalue weighted by molar-refractivity contribution is 0.520. The number of hydrogen-bond donors (Lipinski definition) is 3. The second-order valence-electron chi connectivity index (χ2n) is 3.70. The molecular formula is C10H16N4S. The fourth-order valence-electron chi connectivity index (χ4n) is 1.94. The Morgan fingerprint density at radius 1 is 1.60 bits per heavy atom. The monoisotopic (exact) mass is 224 g/mol. The fraction of sp³-hybridized carbons (Fsp3) is 0.500. The predicted molar refractivity (Wildman–Crippen MR) is 64.2 cm³/mol. The van der Waals surface area contributed by atoms with Crippen LogP contribution in [-0.4, -0.2) is 16.0 Å². The van der Waals surface area contributed by atoms with Crippen molar-refractivity contribution in [3.8, 4) is 0 Å². The molecule has 0 aromatic carbocycles. The average Bonchev–Trinajstić information content (AvgIpc) is 2.75. The zero-order valence-electron chi connectivity index (χ0n) is 8.52. The maximum atomic E-state index is 5.92. The van der Waals surface area contributed by atoms with Crippen LogP contribution in [0, 0.1) is 0 Å². The van der Waals surface area contributed by atoms with E-state index < -0.39 is 0 Å². The summed E-state index contributed by atoms with van der Waals surface area (Å²) in [7, 11) is 0. The Hall–Kier alpha value is -0.780. The van der Waals surface area contributed by atoms with E-state index in [9.17, 15) is 0 Å². The van der Waals surface area contributed by atoms with Gasteiger partial charge in [-0.05, 0) is 24.7 Å². The lowest BCUT2D eigenvalue weighted by Gasteiger charge is -2.23. The first-order chi connectivity index (χ1) is 7.33. The van der Waals surface area contributed by atoms with Crippen molar-refractivity contribution >= 4 is 17.4 Å². The maximum absolute atomic E-state index is 5.92. The summed E-state index contributed by atoms with van der Waals surface area (Å²) in [5.41, 5.74) is 10.6. The van der Waals surface area contributed by atoms with Gasteiger partial charge < -0.3 is 5.73 Å². The molecular weight excluding hydrogens is 208 g/mol. The molecule has 0 radical (unpaired) electrons. The minimum Gasteiger partial charge on any atom is -0.398 e. The van der Waals surface area contributed by atoms with Gasteiger partial charge in [-0.3, -0.25) is 16.3 Å². The quantitative estimate of drug-likeness (QED) is 0.529. The first-order valence-electron chi connectivity index (χ1n) is 5.10. The van der Waals surface area contributed by atoms with E-state index in [1.165, 1.54) is 18.6 Å². The van der Waals surface area contributed by atoms with Gasteiger partial charge in [-0.15, -0.1) is 0 Å². The molecule has 2 unspecified atom stereocenters. The second kappa shape index (κ2) is 4.83. The number of thioether (sulfide) groups is 1. The number of anilines is 1. The number of hydrazine groups is 1. The van der Waals surface area contributed by atoms with E-state index in [1.807, 2.05) is 17.8 Å². The standard InChI is InChI=1S/C10H16N4S/c11-8-3-4-13-6-7(8)10(14-12)9-2-1-5-15-9/h3-4,6,9-10,14H,1-2,5,12H2,(H2,11,13). The lowest BCUT2D eigenvalue weighted by atomic mass is 10.0. The number of pyridine rings is 1. The van der Waals surface area contributed by atoms with Gasteiger partial charge >= 0.3 is 0 Å². The molecule has 82 valence electrons. The van der Waals surface area contributed by atoms with E-state index in [0.29, 0.717) is 5.25 Å². The van der Waals surface area contributed by atoms with Crippen molar-refractivity contribution in [2.45, 2.75) is 24.1 Å². The van der Waals surface area contributed by atoms with Crippen LogP contribution in [0.3, 0.4) is 0 Å². The van der Waals surface area contributed by atoms with Crippen LogP contribution in [0.15, 0.2) is 18.5 Å². The normalized spacial score (nSPS) is 22.9. The first kappa shape index (κ1) is 10.7. The van der Waals surface area contributed by atoms with Gasteiger partial charge in [-0.25, -0.2) is 0 Å². The number of nitrogens with one attached hydrogen (secondary N) is 1. The number of rotatable bonds is 3. The van der Waals surface area contributed by atoms with Crippen molar-refractivity contribution in [3.05, 3.63) is 24.0 Å². The number of nitrogen functional groups attached to an aromatic ring is 1. The Kier molecular flexibility index (Phi) is 3.45. The second-order valence-corrected chi connectivity index (χ2v) is 5.05. The van der Waals surface area contributed by atoms with Crippen LogP contribution in [0.5, 0.6) is 0 Å². The van der Waals surface area contributed by atoms with Crippen LogP contribution in [0.2, 0.25) is 0 Å². The highest BCUT2D eigenvalue weighted by Crippen LogP contribution is 2.36. The first-order valence-corrected chi connectivity index (χ1v) is 6.15. The molecule has 15 heavy (non-hydrogen) atoms. The summed E-state index contributed by atoms with van der Waals surface area (Å²) in [4.78, 5) is 4.10. The molecule has 2 atom stereocenters. The van der Waals surface area contributed by atoms with Gasteiger partial charge in [0.2, 0.25) is 0 Å². The van der Waals surface area contributed by atoms with E-state index in [-0.39, 0.29) is 6.04 Å². The Balaban J connectivity index is 2.22. The Morgan fingerprint density at radius 2 is 2.47 bits per heavy atom. The number of hydrogen-bond acceptors (Lipinski definition) is 5. The summed E-state index contributed by atoms with van der Waals surface area (Å²) in [6, 6.07) is 1.94. The summed E-state index contributed by atoms with van der Waals surface area (Å²) in [5, 5.41) is 0.515. The Labute approximate surface area is 93.8 Å². The summed E-state index contributed by atoms with van der Waals surface area (Å²) >= 11 is 1.95. The zero-order chi connectivity index (χ0) is 10.7. The number of nitrogens with two attached hydrogens (primary N) is 2. The summed E-state index contributed by atoms with van der Waals surface area (Å²) < 4.78 is 0. The molecule has 0 spiro atoms. The third-order valence-electron chi connectivity index (χ3n) is 2.74. The minimum atomic E-state index is 0.117. The highest BCUT2D eigenvalue weighted by molar-refractivity contribution is 8.00. The van der Waals surface area contributed by atoms with E-state index in [4.69, 9.17) is 11.6 Å². The zero-order valence-corrected chi connectivity index (χ0v) is 9.33. The molecule has 5 N–H and O–H groups in total. The topological polar surface area (TPSA) is 77.0 Å². The van der Waals surface area contributed by atoms with Crippen LogP contribution in [0.4, 0.5) is 5.69 Å². The third kappa shape index (κ3) is 2.25. The van der Waals surface area contributed by atoms with Crippen molar-refractivity contribution in [1.82, 2.24) is 10.4 Å². The van der Waals surface area contributed by atoms with Gasteiger partial charge in [0.05, 0.1) is 6.04 Å². The van der Waals surface area contributed by atoms with Gasteiger partial charge in [-0.1, -0.05) is 0 Å². The smallest absolute Gasteiger partial charge is 0.0614 e. The van der Waals surface area contributed by atoms with E-state index in [2.05, 4.69) is 10.4 Å². The van der Waals surface area contributed by atoms with Gasteiger partial charge in [0, 0.05) is 28.9 Å². The van der Waals surface area contributed by atoms with Crippen molar-refractivity contribution in [3.63, 3.8) is 0 Å². The number of aromatic nitrogens is 1. The molecule has 0 bridgehead atoms. The molecule has 1 fully saturated rings. The number of nitrogens with zero attached hydrogens (tertiary/aromatic N) is 1. The minimum absolute atomic E-state index is 0.117. The molecule has 0 aliphatic carbocycles. The highest BCUT2D eigenvalue weighted by Gasteiger charge is 2.27. The Bertz CT molecular complexity index is 325. The van der Waals surface area contributed by atoms with Crippen LogP contribution in [0.25, 0.3) is 0 Å². The Morgan fingerprint density at radius 3 is 3.07 bits per heavy atom. The van der Waals surface area contributed by atoms with Gasteiger partial charge in [0.1, 0.15) is 0 Å². The predicted octanol–water partition coefficient (Wildman–Crippen LogP) is 1.06. The van der Waals surface area contributed by atoms with Crippen molar-refractivity contribution < 1.29 is 0 Å². The molecule has 0 amide bonds. The SMILES string of the molecule is NNC(c1cnccc1N)C1CCCS1. The van der Waals surface area contributed by atoms with Crippen LogP contribution >= 0.6 is 11.8 Å². The summed E-state index contributed by atoms with van der Waals surface area (Å²) in [6.45, 7) is 0. The molecule has 1 saturated heterocycles. The van der Waals surface area contributed by atoms with Crippen molar-refractivity contribution in [1.29, 1.82) is 0 Å². The molecule has 4 nitrogen and oxygen atoms in total. The van der Waals surface area contributed by atoms with E-state index >= 15 is 0 Å². The third-order valence-corrected chi connectivity index (χ3v) is 4.20. The van der Waals surface area contributed by atoms with E-state index in [1.54, 1.807) is 12.4 Å². The molecule has 5 heteroatoms. The maximum Gasteiger partial charge on any atom is 0.0614 e. The van der Waals surface area contributed by atoms with Crippen LogP contribution in [0.1, 0.15) is 24.4 Å². The summed E-state index contributed by atoms with van der Waals surface area (Å²) in [6.07, 6.45) is 5.95. The average molecular weight is 224 g/mol. The molecule has 1 aliphatic heterocycles. The summed E-state index contributed by atoms with van der Waals surface area (Å²) in [5.74, 6) is 6.82. The van der Waals surface area contributed by atoms with Gasteiger partial charge in [0.15, 0.2) is 0 Å².